The van der Waals surface area contributed by atoms with Crippen molar-refractivity contribution in [2.45, 2.75) is 39.3 Å². The van der Waals surface area contributed by atoms with Gasteiger partial charge in [0.1, 0.15) is 0 Å². The summed E-state index contributed by atoms with van der Waals surface area (Å²) in [5, 5.41) is 6.58. The number of aromatic nitrogens is 1. The monoisotopic (exact) mass is 241 g/mol. The van der Waals surface area contributed by atoms with E-state index in [2.05, 4.69) is 41.5 Å². The van der Waals surface area contributed by atoms with Crippen LogP contribution in [-0.4, -0.2) is 36.6 Å². The number of nitrogens with zero attached hydrogens (tertiary/aromatic N) is 2. The number of rotatable bonds is 7. The molecule has 1 aromatic rings. The van der Waals surface area contributed by atoms with Crippen LogP contribution in [0.4, 0.5) is 0 Å². The van der Waals surface area contributed by atoms with E-state index in [4.69, 9.17) is 0 Å². The molecule has 0 amide bonds. The minimum absolute atomic E-state index is 0.608. The highest BCUT2D eigenvalue weighted by molar-refractivity contribution is 7.09. The van der Waals surface area contributed by atoms with Gasteiger partial charge in [-0.3, -0.25) is 4.90 Å². The van der Waals surface area contributed by atoms with Gasteiger partial charge < -0.3 is 5.32 Å². The van der Waals surface area contributed by atoms with Crippen molar-refractivity contribution in [3.63, 3.8) is 0 Å². The molecule has 92 valence electrons. The molecule has 1 aromatic heterocycles. The average Bonchev–Trinajstić information content (AvgIpc) is 2.63. The smallest absolute Gasteiger partial charge is 0.0897 e. The SMILES string of the molecule is CCCC(CNC)N(C)Cc1csc(C)n1. The number of hydrogen-bond donors (Lipinski definition) is 1. The predicted molar refractivity (Wildman–Crippen MR) is 70.9 cm³/mol. The van der Waals surface area contributed by atoms with Crippen LogP contribution in [-0.2, 0) is 6.54 Å². The minimum atomic E-state index is 0.608. The third-order valence-corrected chi connectivity index (χ3v) is 3.59. The van der Waals surface area contributed by atoms with E-state index in [0.717, 1.165) is 18.1 Å². The standard InChI is InChI=1S/C12H23N3S/c1-5-6-12(7-13-3)15(4)8-11-9-16-10(2)14-11/h9,12-13H,5-8H2,1-4H3. The van der Waals surface area contributed by atoms with Crippen molar-refractivity contribution in [3.8, 4) is 0 Å². The Kier molecular flexibility index (Phi) is 5.95. The second-order valence-electron chi connectivity index (χ2n) is 4.27. The lowest BCUT2D eigenvalue weighted by atomic mass is 10.1. The molecule has 16 heavy (non-hydrogen) atoms. The molecule has 0 saturated carbocycles. The van der Waals surface area contributed by atoms with Crippen molar-refractivity contribution in [2.24, 2.45) is 0 Å². The summed E-state index contributed by atoms with van der Waals surface area (Å²) in [5.74, 6) is 0. The molecule has 0 spiro atoms. The molecule has 4 heteroatoms. The van der Waals surface area contributed by atoms with Gasteiger partial charge in [-0.2, -0.15) is 0 Å². The molecule has 0 radical (unpaired) electrons. The summed E-state index contributed by atoms with van der Waals surface area (Å²) >= 11 is 1.73. The molecule has 0 aromatic carbocycles. The van der Waals surface area contributed by atoms with E-state index in [1.165, 1.54) is 18.5 Å². The van der Waals surface area contributed by atoms with Gasteiger partial charge in [0, 0.05) is 24.5 Å². The first-order valence-electron chi connectivity index (χ1n) is 5.93. The second kappa shape index (κ2) is 6.99. The van der Waals surface area contributed by atoms with E-state index in [-0.39, 0.29) is 0 Å². The van der Waals surface area contributed by atoms with Gasteiger partial charge in [0.2, 0.25) is 0 Å². The van der Waals surface area contributed by atoms with E-state index < -0.39 is 0 Å². The summed E-state index contributed by atoms with van der Waals surface area (Å²) < 4.78 is 0. The minimum Gasteiger partial charge on any atom is -0.318 e. The molecule has 0 saturated heterocycles. The Morgan fingerprint density at radius 1 is 1.56 bits per heavy atom. The Hall–Kier alpha value is -0.450. The average molecular weight is 241 g/mol. The highest BCUT2D eigenvalue weighted by atomic mass is 32.1. The molecular formula is C12H23N3S. The summed E-state index contributed by atoms with van der Waals surface area (Å²) in [6.45, 7) is 6.30. The Bertz CT molecular complexity index is 292. The van der Waals surface area contributed by atoms with Crippen LogP contribution in [0.25, 0.3) is 0 Å². The molecule has 1 unspecified atom stereocenters. The number of thiazole rings is 1. The first-order chi connectivity index (χ1) is 7.67. The van der Waals surface area contributed by atoms with Crippen LogP contribution in [0.5, 0.6) is 0 Å². The van der Waals surface area contributed by atoms with Crippen molar-refractivity contribution >= 4 is 11.3 Å². The topological polar surface area (TPSA) is 28.2 Å². The van der Waals surface area contributed by atoms with E-state index in [1.54, 1.807) is 11.3 Å². The maximum atomic E-state index is 4.51. The van der Waals surface area contributed by atoms with Gasteiger partial charge in [-0.25, -0.2) is 4.98 Å². The Morgan fingerprint density at radius 3 is 2.81 bits per heavy atom. The number of aryl methyl sites for hydroxylation is 1. The zero-order valence-corrected chi connectivity index (χ0v) is 11.6. The summed E-state index contributed by atoms with van der Waals surface area (Å²) in [6, 6.07) is 0.608. The normalized spacial score (nSPS) is 13.3. The quantitative estimate of drug-likeness (QED) is 0.794. The number of hydrogen-bond acceptors (Lipinski definition) is 4. The Labute approximate surface area is 103 Å². The zero-order chi connectivity index (χ0) is 12.0. The fraction of sp³-hybridized carbons (Fsp3) is 0.750. The maximum absolute atomic E-state index is 4.51. The van der Waals surface area contributed by atoms with Crippen LogP contribution in [0.3, 0.4) is 0 Å². The largest absolute Gasteiger partial charge is 0.318 e. The summed E-state index contributed by atoms with van der Waals surface area (Å²) in [5.41, 5.74) is 1.20. The fourth-order valence-electron chi connectivity index (χ4n) is 1.91. The molecule has 1 rings (SSSR count). The molecule has 0 bridgehead atoms. The van der Waals surface area contributed by atoms with Crippen molar-refractivity contribution in [2.75, 3.05) is 20.6 Å². The van der Waals surface area contributed by atoms with Gasteiger partial charge in [0.15, 0.2) is 0 Å². The van der Waals surface area contributed by atoms with Gasteiger partial charge in [-0.1, -0.05) is 13.3 Å². The molecule has 1 atom stereocenters. The highest BCUT2D eigenvalue weighted by Gasteiger charge is 2.14. The van der Waals surface area contributed by atoms with Crippen LogP contribution in [0, 0.1) is 6.92 Å². The van der Waals surface area contributed by atoms with Crippen LogP contribution < -0.4 is 5.32 Å². The summed E-state index contributed by atoms with van der Waals surface area (Å²) in [6.07, 6.45) is 2.47. The lowest BCUT2D eigenvalue weighted by molar-refractivity contribution is 0.216. The summed E-state index contributed by atoms with van der Waals surface area (Å²) in [7, 11) is 4.20. The highest BCUT2D eigenvalue weighted by Crippen LogP contribution is 2.12. The van der Waals surface area contributed by atoms with E-state index >= 15 is 0 Å². The Balaban J connectivity index is 2.50. The van der Waals surface area contributed by atoms with Crippen molar-refractivity contribution < 1.29 is 0 Å². The first kappa shape index (κ1) is 13.6. The fourth-order valence-corrected chi connectivity index (χ4v) is 2.52. The maximum Gasteiger partial charge on any atom is 0.0897 e. The van der Waals surface area contributed by atoms with E-state index in [9.17, 15) is 0 Å². The Morgan fingerprint density at radius 2 is 2.31 bits per heavy atom. The lowest BCUT2D eigenvalue weighted by Gasteiger charge is -2.27. The van der Waals surface area contributed by atoms with Crippen LogP contribution in [0.15, 0.2) is 5.38 Å². The molecule has 1 heterocycles. The number of nitrogens with one attached hydrogen (secondary N) is 1. The lowest BCUT2D eigenvalue weighted by Crippen LogP contribution is -2.38. The third-order valence-electron chi connectivity index (χ3n) is 2.76. The van der Waals surface area contributed by atoms with Crippen molar-refractivity contribution in [1.82, 2.24) is 15.2 Å². The van der Waals surface area contributed by atoms with Crippen LogP contribution >= 0.6 is 11.3 Å². The van der Waals surface area contributed by atoms with Crippen molar-refractivity contribution in [1.29, 1.82) is 0 Å². The van der Waals surface area contributed by atoms with Crippen LogP contribution in [0.2, 0.25) is 0 Å². The van der Waals surface area contributed by atoms with E-state index in [1.807, 2.05) is 7.05 Å². The van der Waals surface area contributed by atoms with Gasteiger partial charge in [-0.15, -0.1) is 11.3 Å². The zero-order valence-electron chi connectivity index (χ0n) is 10.8. The third kappa shape index (κ3) is 4.20. The predicted octanol–water partition coefficient (Wildman–Crippen LogP) is 2.27. The van der Waals surface area contributed by atoms with Crippen LogP contribution in [0.1, 0.15) is 30.5 Å². The molecule has 0 aliphatic rings. The summed E-state index contributed by atoms with van der Waals surface area (Å²) in [4.78, 5) is 6.91. The van der Waals surface area contributed by atoms with E-state index in [0.29, 0.717) is 6.04 Å². The van der Waals surface area contributed by atoms with Gasteiger partial charge >= 0.3 is 0 Å². The van der Waals surface area contributed by atoms with Gasteiger partial charge in [-0.05, 0) is 27.4 Å². The molecule has 0 aliphatic carbocycles. The molecule has 3 nitrogen and oxygen atoms in total. The second-order valence-corrected chi connectivity index (χ2v) is 5.34. The molecule has 0 fully saturated rings. The van der Waals surface area contributed by atoms with Gasteiger partial charge in [0.25, 0.3) is 0 Å². The van der Waals surface area contributed by atoms with Crippen molar-refractivity contribution in [3.05, 3.63) is 16.1 Å². The molecule has 1 N–H and O–H groups in total. The van der Waals surface area contributed by atoms with Gasteiger partial charge in [0.05, 0.1) is 10.7 Å². The number of likely N-dealkylation sites (N-methyl/N-ethyl adjacent to an activating group) is 2. The molecular weight excluding hydrogens is 218 g/mol. The molecule has 0 aliphatic heterocycles. The first-order valence-corrected chi connectivity index (χ1v) is 6.81.